The average molecular weight is 253 g/mol. The second kappa shape index (κ2) is 6.26. The second-order valence-electron chi connectivity index (χ2n) is 4.23. The fourth-order valence-corrected chi connectivity index (χ4v) is 1.52. The van der Waals surface area contributed by atoms with Crippen LogP contribution in [0.5, 0.6) is 5.75 Å². The first-order valence-electron chi connectivity index (χ1n) is 5.66. The van der Waals surface area contributed by atoms with Crippen LogP contribution in [-0.4, -0.2) is 37.4 Å². The van der Waals surface area contributed by atoms with Gasteiger partial charge in [-0.1, -0.05) is 0 Å². The van der Waals surface area contributed by atoms with Gasteiger partial charge in [0.1, 0.15) is 11.3 Å². The van der Waals surface area contributed by atoms with Crippen molar-refractivity contribution in [3.8, 4) is 5.75 Å². The number of aliphatic carboxylic acids is 1. The van der Waals surface area contributed by atoms with Crippen LogP contribution in [0.3, 0.4) is 0 Å². The molecule has 1 aromatic carbocycles. The summed E-state index contributed by atoms with van der Waals surface area (Å²) >= 11 is 0. The Bertz CT molecular complexity index is 390. The smallest absolute Gasteiger partial charge is 0.329 e. The summed E-state index contributed by atoms with van der Waals surface area (Å²) in [5.41, 5.74) is -0.318. The van der Waals surface area contributed by atoms with Crippen molar-refractivity contribution < 1.29 is 19.4 Å². The molecule has 5 nitrogen and oxygen atoms in total. The highest BCUT2D eigenvalue weighted by atomic mass is 16.5. The number of methoxy groups -OCH3 is 2. The van der Waals surface area contributed by atoms with Crippen molar-refractivity contribution in [2.24, 2.45) is 0 Å². The summed E-state index contributed by atoms with van der Waals surface area (Å²) in [6.07, 6.45) is 0.380. The van der Waals surface area contributed by atoms with E-state index in [0.29, 0.717) is 13.0 Å². The number of hydrogen-bond donors (Lipinski definition) is 2. The molecular formula is C13H19NO4. The summed E-state index contributed by atoms with van der Waals surface area (Å²) in [5.74, 6) is -0.176. The maximum Gasteiger partial charge on any atom is 0.329 e. The Morgan fingerprint density at radius 3 is 2.39 bits per heavy atom. The first-order chi connectivity index (χ1) is 8.51. The molecule has 0 saturated carbocycles. The van der Waals surface area contributed by atoms with Crippen LogP contribution in [0.4, 0.5) is 5.69 Å². The zero-order valence-corrected chi connectivity index (χ0v) is 10.9. The molecular weight excluding hydrogens is 234 g/mol. The number of ether oxygens (including phenoxy) is 2. The molecule has 1 unspecified atom stereocenters. The average Bonchev–Trinajstić information content (AvgIpc) is 2.37. The lowest BCUT2D eigenvalue weighted by Gasteiger charge is -2.27. The van der Waals surface area contributed by atoms with E-state index in [2.05, 4.69) is 5.32 Å². The number of hydrogen-bond acceptors (Lipinski definition) is 4. The van der Waals surface area contributed by atoms with Gasteiger partial charge in [-0.15, -0.1) is 0 Å². The molecule has 0 aliphatic rings. The van der Waals surface area contributed by atoms with Gasteiger partial charge in [-0.2, -0.15) is 0 Å². The minimum atomic E-state index is -1.05. The molecule has 0 heterocycles. The van der Waals surface area contributed by atoms with E-state index in [1.165, 1.54) is 0 Å². The van der Waals surface area contributed by atoms with Crippen LogP contribution in [0.2, 0.25) is 0 Å². The summed E-state index contributed by atoms with van der Waals surface area (Å²) in [5, 5.41) is 12.3. The Hall–Kier alpha value is -1.75. The van der Waals surface area contributed by atoms with Crippen LogP contribution >= 0.6 is 0 Å². The van der Waals surface area contributed by atoms with Crippen molar-refractivity contribution in [3.05, 3.63) is 24.3 Å². The van der Waals surface area contributed by atoms with Gasteiger partial charge in [0.15, 0.2) is 0 Å². The number of carboxylic acids is 1. The molecule has 0 aliphatic carbocycles. The quantitative estimate of drug-likeness (QED) is 0.777. The van der Waals surface area contributed by atoms with E-state index in [-0.39, 0.29) is 0 Å². The number of anilines is 1. The molecule has 0 fully saturated rings. The molecule has 0 spiro atoms. The Morgan fingerprint density at radius 1 is 1.33 bits per heavy atom. The van der Waals surface area contributed by atoms with E-state index in [0.717, 1.165) is 11.4 Å². The zero-order valence-electron chi connectivity index (χ0n) is 10.9. The third-order valence-corrected chi connectivity index (χ3v) is 2.79. The van der Waals surface area contributed by atoms with Gasteiger partial charge in [0, 0.05) is 25.8 Å². The van der Waals surface area contributed by atoms with E-state index in [1.807, 2.05) is 0 Å². The normalized spacial score (nSPS) is 13.7. The van der Waals surface area contributed by atoms with Crippen molar-refractivity contribution in [2.75, 3.05) is 26.1 Å². The number of carboxylic acid groups (broad SMARTS) is 1. The lowest BCUT2D eigenvalue weighted by atomic mass is 9.98. The zero-order chi connectivity index (χ0) is 13.6. The Kier molecular flexibility index (Phi) is 4.97. The van der Waals surface area contributed by atoms with Gasteiger partial charge in [-0.3, -0.25) is 0 Å². The van der Waals surface area contributed by atoms with Crippen molar-refractivity contribution in [2.45, 2.75) is 18.9 Å². The van der Waals surface area contributed by atoms with E-state index in [4.69, 9.17) is 9.47 Å². The summed E-state index contributed by atoms with van der Waals surface area (Å²) < 4.78 is 9.99. The first kappa shape index (κ1) is 14.3. The standard InChI is InChI=1S/C13H19NO4/c1-13(12(15)16,8-9-17-2)14-10-4-6-11(18-3)7-5-10/h4-7,14H,8-9H2,1-3H3,(H,15,16). The minimum Gasteiger partial charge on any atom is -0.497 e. The van der Waals surface area contributed by atoms with Crippen LogP contribution in [0.25, 0.3) is 0 Å². The number of nitrogens with one attached hydrogen (secondary N) is 1. The van der Waals surface area contributed by atoms with Gasteiger partial charge in [-0.25, -0.2) is 4.79 Å². The fourth-order valence-electron chi connectivity index (χ4n) is 1.52. The van der Waals surface area contributed by atoms with Crippen LogP contribution in [0.15, 0.2) is 24.3 Å². The first-order valence-corrected chi connectivity index (χ1v) is 5.66. The van der Waals surface area contributed by atoms with Crippen molar-refractivity contribution in [3.63, 3.8) is 0 Å². The molecule has 0 radical (unpaired) electrons. The van der Waals surface area contributed by atoms with Crippen LogP contribution < -0.4 is 10.1 Å². The molecule has 1 aromatic rings. The largest absolute Gasteiger partial charge is 0.497 e. The molecule has 0 saturated heterocycles. The third-order valence-electron chi connectivity index (χ3n) is 2.79. The van der Waals surface area contributed by atoms with Gasteiger partial charge in [0.05, 0.1) is 7.11 Å². The van der Waals surface area contributed by atoms with Crippen LogP contribution in [-0.2, 0) is 9.53 Å². The van der Waals surface area contributed by atoms with E-state index < -0.39 is 11.5 Å². The summed E-state index contributed by atoms with van der Waals surface area (Å²) in [6.45, 7) is 2.02. The highest BCUT2D eigenvalue weighted by Crippen LogP contribution is 2.21. The van der Waals surface area contributed by atoms with Gasteiger partial charge >= 0.3 is 5.97 Å². The summed E-state index contributed by atoms with van der Waals surface area (Å²) in [4.78, 5) is 11.3. The third kappa shape index (κ3) is 3.63. The number of rotatable bonds is 7. The minimum absolute atomic E-state index is 0.380. The predicted molar refractivity (Wildman–Crippen MR) is 69.2 cm³/mol. The Balaban J connectivity index is 2.79. The van der Waals surface area contributed by atoms with Gasteiger partial charge in [0.2, 0.25) is 0 Å². The lowest BCUT2D eigenvalue weighted by Crippen LogP contribution is -2.44. The Morgan fingerprint density at radius 2 is 1.94 bits per heavy atom. The molecule has 0 aliphatic heterocycles. The van der Waals surface area contributed by atoms with Gasteiger partial charge in [-0.05, 0) is 31.2 Å². The molecule has 1 rings (SSSR count). The molecule has 18 heavy (non-hydrogen) atoms. The Labute approximate surface area is 107 Å². The van der Waals surface area contributed by atoms with Crippen LogP contribution in [0, 0.1) is 0 Å². The van der Waals surface area contributed by atoms with E-state index in [1.54, 1.807) is 45.4 Å². The van der Waals surface area contributed by atoms with Crippen molar-refractivity contribution >= 4 is 11.7 Å². The summed E-state index contributed by atoms with van der Waals surface area (Å²) in [7, 11) is 3.14. The lowest BCUT2D eigenvalue weighted by molar-refractivity contribution is -0.142. The molecule has 0 amide bonds. The summed E-state index contributed by atoms with van der Waals surface area (Å²) in [6, 6.07) is 7.13. The van der Waals surface area contributed by atoms with Gasteiger partial charge < -0.3 is 19.9 Å². The number of benzene rings is 1. The van der Waals surface area contributed by atoms with Crippen molar-refractivity contribution in [1.82, 2.24) is 0 Å². The highest BCUT2D eigenvalue weighted by molar-refractivity contribution is 5.82. The topological polar surface area (TPSA) is 67.8 Å². The van der Waals surface area contributed by atoms with Crippen LogP contribution in [0.1, 0.15) is 13.3 Å². The maximum atomic E-state index is 11.3. The molecule has 2 N–H and O–H groups in total. The molecule has 5 heteroatoms. The molecule has 0 aromatic heterocycles. The maximum absolute atomic E-state index is 11.3. The van der Waals surface area contributed by atoms with Crippen molar-refractivity contribution in [1.29, 1.82) is 0 Å². The molecule has 0 bridgehead atoms. The predicted octanol–water partition coefficient (Wildman–Crippen LogP) is 1.99. The molecule has 100 valence electrons. The monoisotopic (exact) mass is 253 g/mol. The van der Waals surface area contributed by atoms with E-state index >= 15 is 0 Å². The molecule has 1 atom stereocenters. The number of carbonyl (C=O) groups is 1. The van der Waals surface area contributed by atoms with Gasteiger partial charge in [0.25, 0.3) is 0 Å². The highest BCUT2D eigenvalue weighted by Gasteiger charge is 2.32. The SMILES string of the molecule is COCCC(C)(Nc1ccc(OC)cc1)C(=O)O. The van der Waals surface area contributed by atoms with E-state index in [9.17, 15) is 9.90 Å². The second-order valence-corrected chi connectivity index (χ2v) is 4.23. The fraction of sp³-hybridized carbons (Fsp3) is 0.462.